The first-order valence-corrected chi connectivity index (χ1v) is 6.43. The van der Waals surface area contributed by atoms with E-state index in [1.807, 2.05) is 6.26 Å². The Labute approximate surface area is 97.4 Å². The van der Waals surface area contributed by atoms with Crippen LogP contribution < -0.4 is 5.32 Å². The van der Waals surface area contributed by atoms with E-state index in [0.29, 0.717) is 5.41 Å². The third kappa shape index (κ3) is 1.51. The van der Waals surface area contributed by atoms with Crippen LogP contribution in [0.4, 0.5) is 0 Å². The van der Waals surface area contributed by atoms with Gasteiger partial charge < -0.3 is 9.73 Å². The van der Waals surface area contributed by atoms with Crippen molar-refractivity contribution in [3.8, 4) is 0 Å². The SMILES string of the molecule is CC1(C)CCC2(CC1)NCCc1ccoc12. The van der Waals surface area contributed by atoms with E-state index in [1.165, 1.54) is 37.0 Å². The van der Waals surface area contributed by atoms with Crippen LogP contribution in [0.25, 0.3) is 0 Å². The second kappa shape index (κ2) is 3.36. The highest BCUT2D eigenvalue weighted by atomic mass is 16.3. The Hall–Kier alpha value is -0.760. The molecule has 0 unspecified atom stereocenters. The molecule has 2 heteroatoms. The summed E-state index contributed by atoms with van der Waals surface area (Å²) in [5, 5.41) is 3.72. The van der Waals surface area contributed by atoms with Crippen molar-refractivity contribution in [2.24, 2.45) is 5.41 Å². The van der Waals surface area contributed by atoms with E-state index in [0.717, 1.165) is 13.0 Å². The van der Waals surface area contributed by atoms with Crippen molar-refractivity contribution in [3.05, 3.63) is 23.7 Å². The molecule has 0 amide bonds. The Morgan fingerprint density at radius 1 is 1.19 bits per heavy atom. The molecule has 3 rings (SSSR count). The van der Waals surface area contributed by atoms with Gasteiger partial charge in [-0.05, 0) is 49.1 Å². The summed E-state index contributed by atoms with van der Waals surface area (Å²) in [6.45, 7) is 5.87. The summed E-state index contributed by atoms with van der Waals surface area (Å²) in [5.41, 5.74) is 2.10. The molecular weight excluding hydrogens is 198 g/mol. The molecule has 1 saturated carbocycles. The molecule has 1 aliphatic heterocycles. The van der Waals surface area contributed by atoms with E-state index in [4.69, 9.17) is 4.42 Å². The minimum atomic E-state index is 0.159. The van der Waals surface area contributed by atoms with Gasteiger partial charge in [0.05, 0.1) is 11.8 Å². The van der Waals surface area contributed by atoms with Gasteiger partial charge in [0.2, 0.25) is 0 Å². The summed E-state index contributed by atoms with van der Waals surface area (Å²) in [7, 11) is 0. The van der Waals surface area contributed by atoms with E-state index in [9.17, 15) is 0 Å². The van der Waals surface area contributed by atoms with E-state index >= 15 is 0 Å². The van der Waals surface area contributed by atoms with E-state index in [1.54, 1.807) is 0 Å². The number of nitrogens with one attached hydrogen (secondary N) is 1. The van der Waals surface area contributed by atoms with Crippen LogP contribution >= 0.6 is 0 Å². The van der Waals surface area contributed by atoms with Crippen LogP contribution in [0.2, 0.25) is 0 Å². The summed E-state index contributed by atoms with van der Waals surface area (Å²) in [6.07, 6.45) is 8.01. The van der Waals surface area contributed by atoms with Gasteiger partial charge in [-0.15, -0.1) is 0 Å². The molecule has 16 heavy (non-hydrogen) atoms. The minimum absolute atomic E-state index is 0.159. The normalized spacial score (nSPS) is 26.6. The van der Waals surface area contributed by atoms with Gasteiger partial charge in [0.25, 0.3) is 0 Å². The van der Waals surface area contributed by atoms with Crippen LogP contribution in [0.3, 0.4) is 0 Å². The number of hydrogen-bond acceptors (Lipinski definition) is 2. The quantitative estimate of drug-likeness (QED) is 0.724. The highest BCUT2D eigenvalue weighted by molar-refractivity contribution is 5.28. The molecule has 2 heterocycles. The first-order chi connectivity index (χ1) is 7.61. The summed E-state index contributed by atoms with van der Waals surface area (Å²) in [4.78, 5) is 0. The standard InChI is InChI=1S/C14H21NO/c1-13(2)5-7-14(8-6-13)12-11(3-9-15-14)4-10-16-12/h4,10,15H,3,5-9H2,1-2H3. The van der Waals surface area contributed by atoms with Crippen LogP contribution in [-0.2, 0) is 12.0 Å². The molecule has 2 nitrogen and oxygen atoms in total. The molecule has 0 radical (unpaired) electrons. The highest BCUT2D eigenvalue weighted by Crippen LogP contribution is 2.47. The third-order valence-corrected chi connectivity index (χ3v) is 4.50. The molecule has 1 fully saturated rings. The molecule has 1 aromatic heterocycles. The van der Waals surface area contributed by atoms with Crippen LogP contribution in [0.15, 0.2) is 16.7 Å². The van der Waals surface area contributed by atoms with Crippen molar-refractivity contribution in [3.63, 3.8) is 0 Å². The number of hydrogen-bond donors (Lipinski definition) is 1. The van der Waals surface area contributed by atoms with Gasteiger partial charge in [-0.1, -0.05) is 13.8 Å². The van der Waals surface area contributed by atoms with Crippen molar-refractivity contribution < 1.29 is 4.42 Å². The topological polar surface area (TPSA) is 25.2 Å². The van der Waals surface area contributed by atoms with Crippen molar-refractivity contribution in [2.75, 3.05) is 6.54 Å². The Kier molecular flexibility index (Phi) is 2.19. The molecule has 0 bridgehead atoms. The van der Waals surface area contributed by atoms with E-state index < -0.39 is 0 Å². The Balaban J connectivity index is 1.92. The number of furan rings is 1. The second-order valence-corrected chi connectivity index (χ2v) is 6.20. The summed E-state index contributed by atoms with van der Waals surface area (Å²) in [6, 6.07) is 2.15. The Morgan fingerprint density at radius 2 is 1.94 bits per heavy atom. The molecule has 1 aliphatic carbocycles. The number of fused-ring (bicyclic) bond motifs is 2. The van der Waals surface area contributed by atoms with Crippen LogP contribution in [-0.4, -0.2) is 6.54 Å². The lowest BCUT2D eigenvalue weighted by Crippen LogP contribution is -2.50. The zero-order chi connectivity index (χ0) is 11.2. The molecule has 0 saturated heterocycles. The maximum atomic E-state index is 5.75. The van der Waals surface area contributed by atoms with Gasteiger partial charge in [-0.25, -0.2) is 0 Å². The summed E-state index contributed by atoms with van der Waals surface area (Å²) >= 11 is 0. The molecule has 2 aliphatic rings. The first-order valence-electron chi connectivity index (χ1n) is 6.43. The average Bonchev–Trinajstić information content (AvgIpc) is 2.72. The lowest BCUT2D eigenvalue weighted by atomic mass is 9.67. The summed E-state index contributed by atoms with van der Waals surface area (Å²) in [5.74, 6) is 1.23. The lowest BCUT2D eigenvalue weighted by Gasteiger charge is -2.45. The Bertz CT molecular complexity index is 381. The fourth-order valence-electron chi connectivity index (χ4n) is 3.23. The molecule has 0 atom stereocenters. The molecular formula is C14H21NO. The average molecular weight is 219 g/mol. The fraction of sp³-hybridized carbons (Fsp3) is 0.714. The van der Waals surface area contributed by atoms with Gasteiger partial charge in [0, 0.05) is 6.54 Å². The maximum Gasteiger partial charge on any atom is 0.127 e. The molecule has 0 aromatic carbocycles. The zero-order valence-electron chi connectivity index (χ0n) is 10.3. The van der Waals surface area contributed by atoms with Crippen molar-refractivity contribution in [1.29, 1.82) is 0 Å². The third-order valence-electron chi connectivity index (χ3n) is 4.50. The zero-order valence-corrected chi connectivity index (χ0v) is 10.3. The maximum absolute atomic E-state index is 5.75. The smallest absolute Gasteiger partial charge is 0.127 e. The van der Waals surface area contributed by atoms with Crippen LogP contribution in [0.5, 0.6) is 0 Å². The predicted octanol–water partition coefficient (Wildman–Crippen LogP) is 3.22. The van der Waals surface area contributed by atoms with Crippen LogP contribution in [0.1, 0.15) is 50.9 Å². The summed E-state index contributed by atoms with van der Waals surface area (Å²) < 4.78 is 5.75. The molecule has 1 N–H and O–H groups in total. The van der Waals surface area contributed by atoms with Gasteiger partial charge in [-0.2, -0.15) is 0 Å². The number of rotatable bonds is 0. The molecule has 1 spiro atoms. The Morgan fingerprint density at radius 3 is 2.69 bits per heavy atom. The first kappa shape index (κ1) is 10.4. The molecule has 1 aromatic rings. The van der Waals surface area contributed by atoms with Crippen molar-refractivity contribution in [2.45, 2.75) is 51.5 Å². The van der Waals surface area contributed by atoms with E-state index in [2.05, 4.69) is 25.2 Å². The van der Waals surface area contributed by atoms with Crippen molar-refractivity contribution in [1.82, 2.24) is 5.32 Å². The van der Waals surface area contributed by atoms with Gasteiger partial charge in [0.1, 0.15) is 5.76 Å². The van der Waals surface area contributed by atoms with Gasteiger partial charge in [-0.3, -0.25) is 0 Å². The molecule has 88 valence electrons. The second-order valence-electron chi connectivity index (χ2n) is 6.20. The van der Waals surface area contributed by atoms with Crippen LogP contribution in [0, 0.1) is 5.41 Å². The highest BCUT2D eigenvalue weighted by Gasteiger charge is 2.43. The minimum Gasteiger partial charge on any atom is -0.467 e. The largest absolute Gasteiger partial charge is 0.467 e. The van der Waals surface area contributed by atoms with Crippen molar-refractivity contribution >= 4 is 0 Å². The van der Waals surface area contributed by atoms with Gasteiger partial charge in [0.15, 0.2) is 0 Å². The predicted molar refractivity (Wildman–Crippen MR) is 64.3 cm³/mol. The lowest BCUT2D eigenvalue weighted by molar-refractivity contribution is 0.108. The monoisotopic (exact) mass is 219 g/mol. The fourth-order valence-corrected chi connectivity index (χ4v) is 3.23. The van der Waals surface area contributed by atoms with E-state index in [-0.39, 0.29) is 5.54 Å². The van der Waals surface area contributed by atoms with Gasteiger partial charge >= 0.3 is 0 Å².